The number of carbonyl (C=O) groups excluding carboxylic acids is 1. The van der Waals surface area contributed by atoms with Crippen LogP contribution in [-0.4, -0.2) is 15.9 Å². The number of hydrogen-bond acceptors (Lipinski definition) is 3. The highest BCUT2D eigenvalue weighted by molar-refractivity contribution is 7.20. The number of imidazole rings is 1. The van der Waals surface area contributed by atoms with E-state index in [0.717, 1.165) is 4.70 Å². The van der Waals surface area contributed by atoms with Crippen LogP contribution in [0.4, 0.5) is 4.39 Å². The van der Waals surface area contributed by atoms with Gasteiger partial charge in [0.25, 0.3) is 5.91 Å². The third-order valence-electron chi connectivity index (χ3n) is 3.01. The first-order valence-electron chi connectivity index (χ1n) is 6.13. The normalized spacial score (nSPS) is 12.5. The molecule has 3 aromatic rings. The number of thiophene rings is 1. The largest absolute Gasteiger partial charge is 0.347 e. The van der Waals surface area contributed by atoms with Crippen molar-refractivity contribution < 1.29 is 9.18 Å². The van der Waals surface area contributed by atoms with Crippen molar-refractivity contribution in [3.05, 3.63) is 53.2 Å². The highest BCUT2D eigenvalue weighted by Crippen LogP contribution is 2.27. The van der Waals surface area contributed by atoms with Crippen LogP contribution < -0.4 is 5.32 Å². The molecule has 0 aliphatic carbocycles. The molecule has 1 aromatic carbocycles. The summed E-state index contributed by atoms with van der Waals surface area (Å²) in [5.74, 6) is 0.150. The van der Waals surface area contributed by atoms with E-state index in [4.69, 9.17) is 0 Å². The average Bonchev–Trinajstić information content (AvgIpc) is 3.08. The Bertz CT molecular complexity index is 751. The molecule has 4 nitrogen and oxygen atoms in total. The van der Waals surface area contributed by atoms with E-state index < -0.39 is 0 Å². The molecule has 0 saturated heterocycles. The molecule has 1 amide bonds. The Morgan fingerprint density at radius 2 is 2.35 bits per heavy atom. The number of hydrogen-bond donors (Lipinski definition) is 2. The van der Waals surface area contributed by atoms with Crippen LogP contribution in [0, 0.1) is 5.82 Å². The van der Waals surface area contributed by atoms with Crippen LogP contribution in [0.1, 0.15) is 28.5 Å². The second-order valence-corrected chi connectivity index (χ2v) is 5.52. The van der Waals surface area contributed by atoms with Crippen LogP contribution in [0.25, 0.3) is 10.1 Å². The van der Waals surface area contributed by atoms with Gasteiger partial charge in [-0.15, -0.1) is 11.3 Å². The second kappa shape index (κ2) is 5.05. The zero-order chi connectivity index (χ0) is 14.1. The van der Waals surface area contributed by atoms with Crippen LogP contribution in [0.15, 0.2) is 36.7 Å². The van der Waals surface area contributed by atoms with Crippen LogP contribution in [0.2, 0.25) is 0 Å². The van der Waals surface area contributed by atoms with Gasteiger partial charge in [0.05, 0.1) is 10.9 Å². The van der Waals surface area contributed by atoms with Crippen LogP contribution in [0.3, 0.4) is 0 Å². The Morgan fingerprint density at radius 3 is 3.05 bits per heavy atom. The molecule has 0 radical (unpaired) electrons. The Kier molecular flexibility index (Phi) is 3.23. The number of aromatic nitrogens is 2. The SMILES string of the molecule is CC(NC(=O)c1cc2c(F)cccc2s1)c1ncc[nH]1. The minimum absolute atomic E-state index is 0.227. The summed E-state index contributed by atoms with van der Waals surface area (Å²) < 4.78 is 14.4. The van der Waals surface area contributed by atoms with Crippen molar-refractivity contribution in [1.82, 2.24) is 15.3 Å². The summed E-state index contributed by atoms with van der Waals surface area (Å²) in [6.45, 7) is 1.84. The molecule has 1 atom stereocenters. The number of H-pyrrole nitrogens is 1. The van der Waals surface area contributed by atoms with Crippen molar-refractivity contribution in [1.29, 1.82) is 0 Å². The number of aromatic amines is 1. The number of rotatable bonds is 3. The molecule has 3 rings (SSSR count). The summed E-state index contributed by atoms with van der Waals surface area (Å²) >= 11 is 1.28. The van der Waals surface area contributed by atoms with Crippen LogP contribution in [-0.2, 0) is 0 Å². The summed E-state index contributed by atoms with van der Waals surface area (Å²) in [5, 5.41) is 3.31. The summed E-state index contributed by atoms with van der Waals surface area (Å²) in [5.41, 5.74) is 0. The molecular formula is C14H12FN3OS. The molecule has 0 spiro atoms. The van der Waals surface area contributed by atoms with Crippen LogP contribution >= 0.6 is 11.3 Å². The van der Waals surface area contributed by atoms with Crippen molar-refractivity contribution in [3.63, 3.8) is 0 Å². The fourth-order valence-corrected chi connectivity index (χ4v) is 2.97. The highest BCUT2D eigenvalue weighted by Gasteiger charge is 2.16. The number of amides is 1. The van der Waals surface area contributed by atoms with Crippen LogP contribution in [0.5, 0.6) is 0 Å². The Labute approximate surface area is 118 Å². The van der Waals surface area contributed by atoms with E-state index in [1.165, 1.54) is 17.4 Å². The molecule has 0 aliphatic rings. The van der Waals surface area contributed by atoms with E-state index in [1.807, 2.05) is 6.92 Å². The van der Waals surface area contributed by atoms with Crippen molar-refractivity contribution in [3.8, 4) is 0 Å². The summed E-state index contributed by atoms with van der Waals surface area (Å²) in [6.07, 6.45) is 3.33. The minimum atomic E-state index is -0.308. The number of carbonyl (C=O) groups is 1. The minimum Gasteiger partial charge on any atom is -0.347 e. The lowest BCUT2D eigenvalue weighted by atomic mass is 10.2. The number of benzene rings is 1. The van der Waals surface area contributed by atoms with Gasteiger partial charge < -0.3 is 10.3 Å². The Hall–Kier alpha value is -2.21. The fourth-order valence-electron chi connectivity index (χ4n) is 1.99. The van der Waals surface area contributed by atoms with Gasteiger partial charge >= 0.3 is 0 Å². The average molecular weight is 289 g/mol. The standard InChI is InChI=1S/C14H12FN3OS/c1-8(13-16-5-6-17-13)18-14(19)12-7-9-10(15)3-2-4-11(9)20-12/h2-8H,1H3,(H,16,17)(H,18,19). The van der Waals surface area contributed by atoms with Crippen molar-refractivity contribution in [2.24, 2.45) is 0 Å². The maximum atomic E-state index is 13.6. The van der Waals surface area contributed by atoms with Gasteiger partial charge in [-0.05, 0) is 25.1 Å². The molecule has 6 heteroatoms. The quantitative estimate of drug-likeness (QED) is 0.777. The van der Waals surface area contributed by atoms with Gasteiger partial charge in [-0.25, -0.2) is 9.37 Å². The number of nitrogens with one attached hydrogen (secondary N) is 2. The summed E-state index contributed by atoms with van der Waals surface area (Å²) in [6, 6.07) is 6.19. The summed E-state index contributed by atoms with van der Waals surface area (Å²) in [4.78, 5) is 19.7. The van der Waals surface area contributed by atoms with Gasteiger partial charge in [0.1, 0.15) is 11.6 Å². The highest BCUT2D eigenvalue weighted by atomic mass is 32.1. The first kappa shape index (κ1) is 12.8. The van der Waals surface area contributed by atoms with E-state index in [-0.39, 0.29) is 17.8 Å². The third kappa shape index (κ3) is 2.30. The van der Waals surface area contributed by atoms with E-state index in [0.29, 0.717) is 16.1 Å². The van der Waals surface area contributed by atoms with Crippen molar-refractivity contribution in [2.75, 3.05) is 0 Å². The van der Waals surface area contributed by atoms with Gasteiger partial charge in [0.15, 0.2) is 0 Å². The zero-order valence-electron chi connectivity index (χ0n) is 10.7. The maximum Gasteiger partial charge on any atom is 0.261 e. The van der Waals surface area contributed by atoms with Gasteiger partial charge in [0, 0.05) is 22.5 Å². The molecule has 2 aromatic heterocycles. The monoisotopic (exact) mass is 289 g/mol. The van der Waals surface area contributed by atoms with E-state index in [9.17, 15) is 9.18 Å². The molecule has 2 heterocycles. The Morgan fingerprint density at radius 1 is 1.50 bits per heavy atom. The van der Waals surface area contributed by atoms with Crippen molar-refractivity contribution >= 4 is 27.3 Å². The lowest BCUT2D eigenvalue weighted by Crippen LogP contribution is -2.26. The first-order valence-corrected chi connectivity index (χ1v) is 6.95. The molecule has 1 unspecified atom stereocenters. The molecule has 0 bridgehead atoms. The first-order chi connectivity index (χ1) is 9.65. The molecule has 2 N–H and O–H groups in total. The predicted molar refractivity (Wildman–Crippen MR) is 76.3 cm³/mol. The molecule has 20 heavy (non-hydrogen) atoms. The number of fused-ring (bicyclic) bond motifs is 1. The number of nitrogens with zero attached hydrogens (tertiary/aromatic N) is 1. The Balaban J connectivity index is 1.84. The summed E-state index contributed by atoms with van der Waals surface area (Å²) in [7, 11) is 0. The van der Waals surface area contributed by atoms with E-state index in [2.05, 4.69) is 15.3 Å². The van der Waals surface area contributed by atoms with Gasteiger partial charge in [0.2, 0.25) is 0 Å². The van der Waals surface area contributed by atoms with E-state index in [1.54, 1.807) is 30.6 Å². The van der Waals surface area contributed by atoms with Crippen molar-refractivity contribution in [2.45, 2.75) is 13.0 Å². The van der Waals surface area contributed by atoms with Gasteiger partial charge in [-0.1, -0.05) is 6.07 Å². The fraction of sp³-hybridized carbons (Fsp3) is 0.143. The molecular weight excluding hydrogens is 277 g/mol. The molecule has 0 aliphatic heterocycles. The second-order valence-electron chi connectivity index (χ2n) is 4.43. The molecule has 0 fully saturated rings. The third-order valence-corrected chi connectivity index (χ3v) is 4.11. The topological polar surface area (TPSA) is 57.8 Å². The number of halogens is 1. The van der Waals surface area contributed by atoms with Gasteiger partial charge in [-0.3, -0.25) is 4.79 Å². The lowest BCUT2D eigenvalue weighted by Gasteiger charge is -2.10. The zero-order valence-corrected chi connectivity index (χ0v) is 11.5. The molecule has 102 valence electrons. The van der Waals surface area contributed by atoms with E-state index >= 15 is 0 Å². The lowest BCUT2D eigenvalue weighted by molar-refractivity contribution is 0.0942. The van der Waals surface area contributed by atoms with Gasteiger partial charge in [-0.2, -0.15) is 0 Å². The predicted octanol–water partition coefficient (Wildman–Crippen LogP) is 3.25. The molecule has 0 saturated carbocycles. The smallest absolute Gasteiger partial charge is 0.261 e. The maximum absolute atomic E-state index is 13.6.